The van der Waals surface area contributed by atoms with Gasteiger partial charge in [0.25, 0.3) is 0 Å². The van der Waals surface area contributed by atoms with E-state index in [-0.39, 0.29) is 43.1 Å². The molecule has 2 rings (SSSR count). The van der Waals surface area contributed by atoms with Gasteiger partial charge < -0.3 is 25.3 Å². The molecule has 19 heavy (non-hydrogen) atoms. The second-order valence-electron chi connectivity index (χ2n) is 4.55. The Hall–Kier alpha value is 1.40. The van der Waals surface area contributed by atoms with Crippen LogP contribution in [-0.4, -0.2) is 71.5 Å². The summed E-state index contributed by atoms with van der Waals surface area (Å²) < 4.78 is 42.3. The van der Waals surface area contributed by atoms with E-state index in [0.29, 0.717) is 24.3 Å². The van der Waals surface area contributed by atoms with Crippen LogP contribution in [0.5, 0.6) is 0 Å². The van der Waals surface area contributed by atoms with Crippen LogP contribution in [-0.2, 0) is 44.9 Å². The Balaban J connectivity index is 0.000000284. The van der Waals surface area contributed by atoms with Crippen LogP contribution >= 0.6 is 0 Å². The summed E-state index contributed by atoms with van der Waals surface area (Å²) in [5.41, 5.74) is 0. The SMILES string of the molecule is O=S1(=O)CCC([S-])C1.O=S1(=O)CCC([S-])C1.[CH3][Sn+2][CH3]. The molecule has 9 heteroatoms. The second-order valence-corrected chi connectivity index (χ2v) is 13.2. The van der Waals surface area contributed by atoms with Crippen molar-refractivity contribution in [2.75, 3.05) is 23.0 Å². The van der Waals surface area contributed by atoms with Crippen molar-refractivity contribution in [3.63, 3.8) is 0 Å². The van der Waals surface area contributed by atoms with E-state index in [2.05, 4.69) is 9.88 Å². The number of sulfone groups is 2. The standard InChI is InChI=1S/2C4H8O2S2.2CH3.Sn/c2*5-8(6)2-1-4(7)3-8;;;/h2*4,7H,1-3H2;2*1H3;/q;;;;+2/p-2. The van der Waals surface area contributed by atoms with Gasteiger partial charge in [0.1, 0.15) is 19.7 Å². The van der Waals surface area contributed by atoms with E-state index in [1.165, 1.54) is 0 Å². The van der Waals surface area contributed by atoms with Gasteiger partial charge in [-0.2, -0.15) is 0 Å². The van der Waals surface area contributed by atoms with Crippen LogP contribution in [0.2, 0.25) is 9.88 Å². The topological polar surface area (TPSA) is 68.3 Å². The molecule has 0 aromatic rings. The van der Waals surface area contributed by atoms with Crippen molar-refractivity contribution in [1.29, 1.82) is 0 Å². The third-order valence-corrected chi connectivity index (χ3v) is 7.14. The summed E-state index contributed by atoms with van der Waals surface area (Å²) in [5, 5.41) is -0.0278. The van der Waals surface area contributed by atoms with Crippen LogP contribution < -0.4 is 0 Å². The Morgan fingerprint density at radius 3 is 1.16 bits per heavy atom. The van der Waals surface area contributed by atoms with E-state index < -0.39 is 19.7 Å². The second kappa shape index (κ2) is 9.42. The van der Waals surface area contributed by atoms with Gasteiger partial charge in [0.05, 0.1) is 0 Å². The Kier molecular flexibility index (Phi) is 10.1. The van der Waals surface area contributed by atoms with Crippen molar-refractivity contribution < 1.29 is 16.8 Å². The molecular weight excluding hydrogens is 431 g/mol. The molecule has 2 unspecified atom stereocenters. The van der Waals surface area contributed by atoms with E-state index in [1.807, 2.05) is 0 Å². The quantitative estimate of drug-likeness (QED) is 0.388. The fourth-order valence-electron chi connectivity index (χ4n) is 1.52. The number of hydrogen-bond donors (Lipinski definition) is 0. The third-order valence-electron chi connectivity index (χ3n) is 2.38. The molecule has 0 N–H and O–H groups in total. The van der Waals surface area contributed by atoms with Gasteiger partial charge in [-0.3, -0.25) is 0 Å². The molecule has 0 spiro atoms. The van der Waals surface area contributed by atoms with Gasteiger partial charge in [-0.1, -0.05) is 12.8 Å². The van der Waals surface area contributed by atoms with Crippen molar-refractivity contribution in [3.8, 4) is 0 Å². The Labute approximate surface area is 138 Å². The van der Waals surface area contributed by atoms with Crippen molar-refractivity contribution in [1.82, 2.24) is 0 Å². The first-order chi connectivity index (χ1) is 8.62. The molecule has 2 saturated heterocycles. The predicted octanol–water partition coefficient (Wildman–Crippen LogP) is 0.228. The normalized spacial score (nSPS) is 30.3. The average molecular weight is 451 g/mol. The number of hydrogen-bond acceptors (Lipinski definition) is 6. The zero-order valence-electron chi connectivity index (χ0n) is 11.2. The van der Waals surface area contributed by atoms with Gasteiger partial charge in [0.15, 0.2) is 0 Å². The average Bonchev–Trinajstić information content (AvgIpc) is 2.71. The summed E-state index contributed by atoms with van der Waals surface area (Å²) in [7, 11) is -5.40. The molecule has 0 aromatic carbocycles. The van der Waals surface area contributed by atoms with Crippen molar-refractivity contribution in [3.05, 3.63) is 0 Å². The van der Waals surface area contributed by atoms with E-state index in [4.69, 9.17) is 25.3 Å². The van der Waals surface area contributed by atoms with Crippen LogP contribution in [0.3, 0.4) is 0 Å². The molecule has 112 valence electrons. The first kappa shape index (κ1) is 20.4. The van der Waals surface area contributed by atoms with Gasteiger partial charge in [0, 0.05) is 23.0 Å². The molecule has 0 radical (unpaired) electrons. The Morgan fingerprint density at radius 1 is 0.842 bits per heavy atom. The molecule has 0 aromatic heterocycles. The van der Waals surface area contributed by atoms with Crippen LogP contribution in [0.1, 0.15) is 12.8 Å². The predicted molar refractivity (Wildman–Crippen MR) is 86.3 cm³/mol. The van der Waals surface area contributed by atoms with Gasteiger partial charge in [-0.15, -0.1) is 10.5 Å². The summed E-state index contributed by atoms with van der Waals surface area (Å²) in [6.45, 7) is 0. The van der Waals surface area contributed by atoms with E-state index >= 15 is 0 Å². The zero-order valence-corrected chi connectivity index (χ0v) is 17.3. The Morgan fingerprint density at radius 2 is 1.11 bits per heavy atom. The molecule has 2 heterocycles. The molecular formula is C10H20O4S4Sn. The van der Waals surface area contributed by atoms with E-state index in [9.17, 15) is 16.8 Å². The fraction of sp³-hybridized carbons (Fsp3) is 1.00. The van der Waals surface area contributed by atoms with Gasteiger partial charge in [-0.05, 0) is 0 Å². The summed E-state index contributed by atoms with van der Waals surface area (Å²) >= 11 is 9.77. The minimum atomic E-state index is -2.70. The monoisotopic (exact) mass is 452 g/mol. The summed E-state index contributed by atoms with van der Waals surface area (Å²) in [4.78, 5) is 4.59. The van der Waals surface area contributed by atoms with E-state index in [1.54, 1.807) is 0 Å². The van der Waals surface area contributed by atoms with Gasteiger partial charge >= 0.3 is 31.0 Å². The van der Waals surface area contributed by atoms with E-state index in [0.717, 1.165) is 0 Å². The first-order valence-electron chi connectivity index (χ1n) is 5.93. The van der Waals surface area contributed by atoms with Gasteiger partial charge in [0.2, 0.25) is 0 Å². The minimum absolute atomic E-state index is 0.0139. The summed E-state index contributed by atoms with van der Waals surface area (Å²) in [6.07, 6.45) is 1.36. The molecule has 0 amide bonds. The van der Waals surface area contributed by atoms with Crippen LogP contribution in [0.4, 0.5) is 0 Å². The zero-order chi connectivity index (χ0) is 15.1. The van der Waals surface area contributed by atoms with Crippen molar-refractivity contribution in [2.45, 2.75) is 33.2 Å². The molecule has 2 fully saturated rings. The third kappa shape index (κ3) is 10.7. The van der Waals surface area contributed by atoms with Crippen LogP contribution in [0.15, 0.2) is 0 Å². The molecule has 0 saturated carbocycles. The van der Waals surface area contributed by atoms with Crippen molar-refractivity contribution in [2.24, 2.45) is 0 Å². The van der Waals surface area contributed by atoms with Gasteiger partial charge in [-0.25, -0.2) is 16.8 Å². The molecule has 0 bridgehead atoms. The van der Waals surface area contributed by atoms with Crippen LogP contribution in [0, 0.1) is 0 Å². The maximum absolute atomic E-state index is 10.6. The number of rotatable bonds is 0. The van der Waals surface area contributed by atoms with Crippen molar-refractivity contribution >= 4 is 66.1 Å². The molecule has 2 aliphatic heterocycles. The molecule has 2 aliphatic rings. The molecule has 2 atom stereocenters. The Bertz CT molecular complexity index is 404. The first-order valence-corrected chi connectivity index (χ1v) is 16.2. The van der Waals surface area contributed by atoms with Crippen LogP contribution in [0.25, 0.3) is 0 Å². The molecule has 0 aliphatic carbocycles. The maximum atomic E-state index is 10.6. The fourth-order valence-corrected chi connectivity index (χ4v) is 6.39. The summed E-state index contributed by atoms with van der Waals surface area (Å²) in [6, 6.07) is 0. The summed E-state index contributed by atoms with van der Waals surface area (Å²) in [5.74, 6) is 1.06. The molecule has 4 nitrogen and oxygen atoms in total.